The summed E-state index contributed by atoms with van der Waals surface area (Å²) in [4.78, 5) is 36.0. The first-order chi connectivity index (χ1) is 19.6. The molecule has 6 rings (SSSR count). The number of ether oxygens (including phenoxy) is 2. The number of anilines is 3. The molecule has 0 radical (unpaired) electrons. The molecule has 3 N–H and O–H groups in total. The van der Waals surface area contributed by atoms with Gasteiger partial charge in [0, 0.05) is 44.4 Å². The van der Waals surface area contributed by atoms with Crippen LogP contribution in [-0.2, 0) is 14.3 Å². The van der Waals surface area contributed by atoms with Crippen molar-refractivity contribution >= 4 is 29.1 Å². The zero-order valence-corrected chi connectivity index (χ0v) is 23.2. The first kappa shape index (κ1) is 26.8. The third-order valence-electron chi connectivity index (χ3n) is 8.95. The van der Waals surface area contributed by atoms with Gasteiger partial charge >= 0.3 is 6.03 Å². The van der Waals surface area contributed by atoms with E-state index in [1.165, 1.54) is 5.56 Å². The number of hydrogen-bond donors (Lipinski definition) is 3. The number of likely N-dealkylation sites (tertiary alicyclic amines) is 1. The van der Waals surface area contributed by atoms with Gasteiger partial charge < -0.3 is 35.2 Å². The molecule has 40 heavy (non-hydrogen) atoms. The van der Waals surface area contributed by atoms with Crippen molar-refractivity contribution in [2.45, 2.75) is 50.2 Å². The predicted octanol–water partition coefficient (Wildman–Crippen LogP) is 3.63. The van der Waals surface area contributed by atoms with E-state index in [0.717, 1.165) is 63.2 Å². The summed E-state index contributed by atoms with van der Waals surface area (Å²) in [5, 5.41) is 9.71. The topological polar surface area (TPSA) is 108 Å². The zero-order chi connectivity index (χ0) is 27.5. The van der Waals surface area contributed by atoms with Crippen LogP contribution in [0.1, 0.15) is 43.7 Å². The van der Waals surface area contributed by atoms with Gasteiger partial charge in [-0.1, -0.05) is 31.0 Å². The van der Waals surface area contributed by atoms with Gasteiger partial charge in [0.2, 0.25) is 5.91 Å². The van der Waals surface area contributed by atoms with Crippen molar-refractivity contribution in [3.05, 3.63) is 48.2 Å². The molecule has 0 bridgehead atoms. The Morgan fingerprint density at radius 2 is 1.90 bits per heavy atom. The number of rotatable bonds is 6. The van der Waals surface area contributed by atoms with Gasteiger partial charge in [-0.2, -0.15) is 0 Å². The van der Waals surface area contributed by atoms with Crippen LogP contribution in [0.4, 0.5) is 22.0 Å². The summed E-state index contributed by atoms with van der Waals surface area (Å²) in [5.74, 6) is 1.10. The Balaban J connectivity index is 1.12. The van der Waals surface area contributed by atoms with Crippen molar-refractivity contribution < 1.29 is 19.1 Å². The van der Waals surface area contributed by atoms with E-state index >= 15 is 0 Å². The quantitative estimate of drug-likeness (QED) is 0.506. The molecule has 4 heterocycles. The molecule has 214 valence electrons. The minimum absolute atomic E-state index is 0.0255. The Kier molecular flexibility index (Phi) is 8.06. The van der Waals surface area contributed by atoms with E-state index < -0.39 is 0 Å². The number of nitrogens with zero attached hydrogens (tertiary/aromatic N) is 3. The van der Waals surface area contributed by atoms with Gasteiger partial charge in [-0.05, 0) is 43.0 Å². The maximum absolute atomic E-state index is 14.1. The van der Waals surface area contributed by atoms with E-state index in [1.54, 1.807) is 13.3 Å². The average molecular weight is 549 g/mol. The lowest BCUT2D eigenvalue weighted by molar-refractivity contribution is -0.138. The summed E-state index contributed by atoms with van der Waals surface area (Å²) >= 11 is 0. The number of aromatic nitrogens is 1. The van der Waals surface area contributed by atoms with Crippen LogP contribution in [0.3, 0.4) is 0 Å². The summed E-state index contributed by atoms with van der Waals surface area (Å²) in [7, 11) is 1.73. The maximum Gasteiger partial charge on any atom is 0.319 e. The molecule has 1 aromatic carbocycles. The molecule has 3 amide bonds. The first-order valence-electron chi connectivity index (χ1n) is 14.6. The molecule has 0 spiro atoms. The first-order valence-corrected chi connectivity index (χ1v) is 14.6. The second-order valence-electron chi connectivity index (χ2n) is 11.3. The zero-order valence-electron chi connectivity index (χ0n) is 23.2. The fourth-order valence-corrected chi connectivity index (χ4v) is 7.01. The minimum Gasteiger partial charge on any atom is -0.383 e. The number of amides is 3. The van der Waals surface area contributed by atoms with E-state index in [0.29, 0.717) is 31.4 Å². The van der Waals surface area contributed by atoms with Crippen molar-refractivity contribution in [3.63, 3.8) is 0 Å². The number of nitrogens with one attached hydrogen (secondary N) is 3. The molecule has 1 aromatic heterocycles. The normalized spacial score (nSPS) is 27.8. The third-order valence-corrected chi connectivity index (χ3v) is 8.95. The van der Waals surface area contributed by atoms with Crippen LogP contribution in [0.5, 0.6) is 0 Å². The summed E-state index contributed by atoms with van der Waals surface area (Å²) < 4.78 is 10.9. The molecule has 10 heteroatoms. The van der Waals surface area contributed by atoms with Crippen molar-refractivity contribution in [1.82, 2.24) is 15.2 Å². The number of para-hydroxylation sites is 1. The van der Waals surface area contributed by atoms with Crippen LogP contribution >= 0.6 is 0 Å². The highest BCUT2D eigenvalue weighted by Crippen LogP contribution is 2.47. The van der Waals surface area contributed by atoms with Gasteiger partial charge in [0.15, 0.2) is 0 Å². The van der Waals surface area contributed by atoms with E-state index in [-0.39, 0.29) is 36.0 Å². The average Bonchev–Trinajstić information content (AvgIpc) is 3.44. The number of fused-ring (bicyclic) bond motifs is 3. The molecule has 3 aliphatic heterocycles. The fraction of sp³-hybridized carbons (Fsp3) is 0.567. The molecule has 10 nitrogen and oxygen atoms in total. The largest absolute Gasteiger partial charge is 0.383 e. The SMILES string of the molecule is COC[C@@H]1Nc2ccccc2[C@H]2[C@H]1CCN2C(=O)[C@H]1CCCC[C@H]1NC(=O)Nc1ccc(N2CCOCC2)nc1. The molecule has 5 atom stereocenters. The Hall–Kier alpha value is -3.37. The highest BCUT2D eigenvalue weighted by atomic mass is 16.5. The number of carbonyl (C=O) groups is 2. The lowest BCUT2D eigenvalue weighted by atomic mass is 9.81. The fourth-order valence-electron chi connectivity index (χ4n) is 7.01. The number of benzene rings is 1. The standard InChI is InChI=1S/C30H40N6O4/c1-39-19-26-22-12-13-36(28(22)21-6-2-4-8-24(21)33-26)29(37)23-7-3-5-9-25(23)34-30(38)32-20-10-11-27(31-18-20)35-14-16-40-17-15-35/h2,4,6,8,10-11,18,22-23,25-26,28,33H,3,5,7,9,12-17,19H2,1H3,(H2,32,34,38)/t22-,23-,25+,26-,28-/m0/s1. The Morgan fingerprint density at radius 3 is 2.70 bits per heavy atom. The van der Waals surface area contributed by atoms with Crippen molar-refractivity contribution in [3.8, 4) is 0 Å². The maximum atomic E-state index is 14.1. The van der Waals surface area contributed by atoms with E-state index in [2.05, 4.69) is 42.9 Å². The molecule has 3 fully saturated rings. The summed E-state index contributed by atoms with van der Waals surface area (Å²) in [5.41, 5.74) is 2.89. The van der Waals surface area contributed by atoms with Crippen LogP contribution in [0.15, 0.2) is 42.6 Å². The summed E-state index contributed by atoms with van der Waals surface area (Å²) in [6.07, 6.45) is 6.20. The second kappa shape index (κ2) is 12.0. The number of pyridine rings is 1. The van der Waals surface area contributed by atoms with Crippen molar-refractivity contribution in [1.29, 1.82) is 0 Å². The van der Waals surface area contributed by atoms with Crippen LogP contribution in [-0.4, -0.2) is 80.5 Å². The molecule has 0 unspecified atom stereocenters. The van der Waals surface area contributed by atoms with E-state index in [1.807, 2.05) is 24.3 Å². The highest BCUT2D eigenvalue weighted by Gasteiger charge is 2.48. The van der Waals surface area contributed by atoms with Gasteiger partial charge in [0.05, 0.1) is 49.7 Å². The number of morpholine rings is 1. The molecule has 4 aliphatic rings. The molecule has 1 saturated carbocycles. The van der Waals surface area contributed by atoms with E-state index in [9.17, 15) is 9.59 Å². The molecule has 1 aliphatic carbocycles. The predicted molar refractivity (Wildman–Crippen MR) is 153 cm³/mol. The molecular formula is C30H40N6O4. The Morgan fingerprint density at radius 1 is 1.07 bits per heavy atom. The number of methoxy groups -OCH3 is 1. The van der Waals surface area contributed by atoms with Crippen LogP contribution in [0.25, 0.3) is 0 Å². The van der Waals surface area contributed by atoms with Crippen LogP contribution < -0.4 is 20.9 Å². The summed E-state index contributed by atoms with van der Waals surface area (Å²) in [6.45, 7) is 4.34. The molecular weight excluding hydrogens is 508 g/mol. The number of carbonyl (C=O) groups excluding carboxylic acids is 2. The van der Waals surface area contributed by atoms with Gasteiger partial charge in [-0.25, -0.2) is 9.78 Å². The number of urea groups is 1. The van der Waals surface area contributed by atoms with Crippen LogP contribution in [0, 0.1) is 11.8 Å². The highest BCUT2D eigenvalue weighted by molar-refractivity contribution is 5.90. The molecule has 2 saturated heterocycles. The van der Waals surface area contributed by atoms with Crippen molar-refractivity contribution in [2.75, 3.05) is 62.1 Å². The number of hydrogen-bond acceptors (Lipinski definition) is 7. The minimum atomic E-state index is -0.294. The Labute approximate surface area is 235 Å². The lowest BCUT2D eigenvalue weighted by Crippen LogP contribution is -2.51. The Bertz CT molecular complexity index is 1190. The van der Waals surface area contributed by atoms with E-state index in [4.69, 9.17) is 9.47 Å². The molecule has 2 aromatic rings. The smallest absolute Gasteiger partial charge is 0.319 e. The van der Waals surface area contributed by atoms with Gasteiger partial charge in [0.25, 0.3) is 0 Å². The monoisotopic (exact) mass is 548 g/mol. The second-order valence-corrected chi connectivity index (χ2v) is 11.3. The van der Waals surface area contributed by atoms with Gasteiger partial charge in [0.1, 0.15) is 5.82 Å². The third kappa shape index (κ3) is 5.47. The van der Waals surface area contributed by atoms with Crippen LogP contribution in [0.2, 0.25) is 0 Å². The summed E-state index contributed by atoms with van der Waals surface area (Å²) in [6, 6.07) is 11.8. The lowest BCUT2D eigenvalue weighted by Gasteiger charge is -2.41. The van der Waals surface area contributed by atoms with Gasteiger partial charge in [-0.15, -0.1) is 0 Å². The van der Waals surface area contributed by atoms with Crippen molar-refractivity contribution in [2.24, 2.45) is 11.8 Å². The van der Waals surface area contributed by atoms with Gasteiger partial charge in [-0.3, -0.25) is 4.79 Å².